The van der Waals surface area contributed by atoms with Crippen molar-refractivity contribution in [2.75, 3.05) is 0 Å². The third kappa shape index (κ3) is 2.87. The Morgan fingerprint density at radius 3 is 0.833 bits per heavy atom. The molecule has 1 aliphatic rings. The highest BCUT2D eigenvalue weighted by Gasteiger charge is 2.24. The van der Waals surface area contributed by atoms with Crippen LogP contribution in [0.25, 0.3) is 0 Å². The first kappa shape index (κ1) is 9.61. The van der Waals surface area contributed by atoms with Crippen LogP contribution in [-0.4, -0.2) is 42.4 Å². The Balaban J connectivity index is 2.45. The summed E-state index contributed by atoms with van der Waals surface area (Å²) in [4.78, 5) is 14.7. The Hall–Kier alpha value is -0.480. The molecule has 1 heterocycles. The maximum atomic E-state index is 8.37. The van der Waals surface area contributed by atoms with E-state index in [-0.39, 0.29) is 0 Å². The van der Waals surface area contributed by atoms with Gasteiger partial charge in [0.2, 0.25) is 0 Å². The molecule has 1 fully saturated rings. The summed E-state index contributed by atoms with van der Waals surface area (Å²) in [5.74, 6) is 0. The molecule has 0 bridgehead atoms. The molecule has 1 saturated heterocycles. The quantitative estimate of drug-likeness (QED) is 0.340. The average Bonchev–Trinajstić information content (AvgIpc) is 1.81. The topological polar surface area (TPSA) is 131 Å². The van der Waals surface area contributed by atoms with Crippen molar-refractivity contribution in [2.24, 2.45) is 0 Å². The number of hydrogen-bond acceptors (Lipinski definition) is 12. The molecule has 0 aromatic rings. The SMILES string of the molecule is ON1ON(O)ON(O)ON(O)O1. The predicted octanol–water partition coefficient (Wildman–Crippen LogP) is -1.85. The van der Waals surface area contributed by atoms with Crippen LogP contribution >= 0.6 is 0 Å². The number of rotatable bonds is 0. The van der Waals surface area contributed by atoms with Gasteiger partial charge < -0.3 is 0 Å². The monoisotopic (exact) mass is 188 g/mol. The molecule has 4 N–H and O–H groups in total. The van der Waals surface area contributed by atoms with Crippen LogP contribution in [0.15, 0.2) is 0 Å². The molecule has 0 unspecified atom stereocenters. The minimum absolute atomic E-state index is 0.549. The summed E-state index contributed by atoms with van der Waals surface area (Å²) in [6.07, 6.45) is 0. The fourth-order valence-corrected chi connectivity index (χ4v) is 0.299. The summed E-state index contributed by atoms with van der Waals surface area (Å²) < 4.78 is 0. The summed E-state index contributed by atoms with van der Waals surface area (Å²) in [6, 6.07) is 0. The zero-order chi connectivity index (χ0) is 9.14. The average molecular weight is 188 g/mol. The molecule has 0 spiro atoms. The van der Waals surface area contributed by atoms with E-state index >= 15 is 0 Å². The number of nitrogens with zero attached hydrogens (tertiary/aromatic N) is 4. The van der Waals surface area contributed by atoms with Gasteiger partial charge in [0.1, 0.15) is 21.6 Å². The van der Waals surface area contributed by atoms with E-state index in [4.69, 9.17) is 20.8 Å². The lowest BCUT2D eigenvalue weighted by atomic mass is 12.6. The Bertz CT molecular complexity index is 99.0. The lowest BCUT2D eigenvalue weighted by Crippen LogP contribution is -2.45. The minimum Gasteiger partial charge on any atom is -0.263 e. The van der Waals surface area contributed by atoms with Gasteiger partial charge in [-0.2, -0.15) is 0 Å². The molecule has 0 radical (unpaired) electrons. The molecule has 12 heteroatoms. The van der Waals surface area contributed by atoms with Crippen molar-refractivity contribution in [1.29, 1.82) is 0 Å². The maximum absolute atomic E-state index is 8.37. The van der Waals surface area contributed by atoms with Gasteiger partial charge in [-0.15, -0.1) is 0 Å². The van der Waals surface area contributed by atoms with Crippen molar-refractivity contribution < 1.29 is 40.6 Å². The Kier molecular flexibility index (Phi) is 3.17. The largest absolute Gasteiger partial charge is 0.263 e. The van der Waals surface area contributed by atoms with E-state index in [9.17, 15) is 0 Å². The fraction of sp³-hybridized carbons (Fsp3) is 0. The molecule has 72 valence electrons. The van der Waals surface area contributed by atoms with Crippen LogP contribution in [0, 0.1) is 0 Å². The van der Waals surface area contributed by atoms with Crippen LogP contribution in [0.5, 0.6) is 0 Å². The summed E-state index contributed by atoms with van der Waals surface area (Å²) in [6.45, 7) is 0. The van der Waals surface area contributed by atoms with Gasteiger partial charge in [0.25, 0.3) is 0 Å². The molecule has 12 heavy (non-hydrogen) atoms. The van der Waals surface area contributed by atoms with Crippen LogP contribution in [0.3, 0.4) is 0 Å². The second kappa shape index (κ2) is 3.96. The zero-order valence-electron chi connectivity index (χ0n) is 5.21. The molecular formula is H4N4O8. The van der Waals surface area contributed by atoms with E-state index in [0.717, 1.165) is 0 Å². The van der Waals surface area contributed by atoms with Crippen LogP contribution in [-0.2, 0) is 19.8 Å². The standard InChI is InChI=1S/H4N4O8/c5-1-9-2(6)11-4(8)12-3(7)10-1/h5-8H. The van der Waals surface area contributed by atoms with E-state index in [0.29, 0.717) is 0 Å². The molecule has 0 amide bonds. The molecule has 0 atom stereocenters. The molecule has 1 rings (SSSR count). The third-order valence-corrected chi connectivity index (χ3v) is 0.559. The van der Waals surface area contributed by atoms with Crippen molar-refractivity contribution in [1.82, 2.24) is 21.6 Å². The Morgan fingerprint density at radius 1 is 0.500 bits per heavy atom. The van der Waals surface area contributed by atoms with E-state index in [1.807, 2.05) is 0 Å². The lowest BCUT2D eigenvalue weighted by Gasteiger charge is -2.25. The van der Waals surface area contributed by atoms with Crippen molar-refractivity contribution >= 4 is 0 Å². The highest BCUT2D eigenvalue weighted by atomic mass is 17.5. The van der Waals surface area contributed by atoms with Gasteiger partial charge in [-0.3, -0.25) is 20.8 Å². The summed E-state index contributed by atoms with van der Waals surface area (Å²) in [7, 11) is 0. The summed E-state index contributed by atoms with van der Waals surface area (Å²) in [5.41, 5.74) is 0. The van der Waals surface area contributed by atoms with Crippen molar-refractivity contribution in [3.05, 3.63) is 0 Å². The normalized spacial score (nSPS) is 27.0. The predicted molar refractivity (Wildman–Crippen MR) is 18.8 cm³/mol. The van der Waals surface area contributed by atoms with Gasteiger partial charge in [0.05, 0.1) is 0 Å². The minimum atomic E-state index is -0.549. The van der Waals surface area contributed by atoms with Crippen molar-refractivity contribution in [3.63, 3.8) is 0 Å². The van der Waals surface area contributed by atoms with Gasteiger partial charge in [0, 0.05) is 0 Å². The van der Waals surface area contributed by atoms with Crippen LogP contribution in [0.2, 0.25) is 0 Å². The second-order valence-electron chi connectivity index (χ2n) is 1.28. The molecule has 0 aliphatic carbocycles. The molecule has 0 aromatic carbocycles. The molecule has 0 aromatic heterocycles. The summed E-state index contributed by atoms with van der Waals surface area (Å²) in [5, 5.41) is 31.3. The van der Waals surface area contributed by atoms with E-state index < -0.39 is 21.6 Å². The van der Waals surface area contributed by atoms with Gasteiger partial charge in [-0.25, -0.2) is 0 Å². The molecule has 1 aliphatic heterocycles. The highest BCUT2D eigenvalue weighted by Crippen LogP contribution is 2.03. The fourth-order valence-electron chi connectivity index (χ4n) is 0.299. The van der Waals surface area contributed by atoms with Gasteiger partial charge in [0.15, 0.2) is 0 Å². The zero-order valence-corrected chi connectivity index (χ0v) is 5.21. The van der Waals surface area contributed by atoms with Crippen LogP contribution in [0.1, 0.15) is 0 Å². The van der Waals surface area contributed by atoms with E-state index in [1.54, 1.807) is 0 Å². The van der Waals surface area contributed by atoms with Crippen LogP contribution in [0.4, 0.5) is 0 Å². The highest BCUT2D eigenvalue weighted by molar-refractivity contribution is 3.72. The van der Waals surface area contributed by atoms with E-state index in [1.165, 1.54) is 0 Å². The van der Waals surface area contributed by atoms with Gasteiger partial charge in [-0.05, 0) is 0 Å². The van der Waals surface area contributed by atoms with Crippen molar-refractivity contribution in [3.8, 4) is 0 Å². The first-order chi connectivity index (χ1) is 5.58. The lowest BCUT2D eigenvalue weighted by molar-refractivity contribution is -0.838. The van der Waals surface area contributed by atoms with Gasteiger partial charge >= 0.3 is 0 Å². The molecule has 0 saturated carbocycles. The maximum Gasteiger partial charge on any atom is 0.119 e. The smallest absolute Gasteiger partial charge is 0.119 e. The number of hydrogen-bond donors (Lipinski definition) is 4. The Morgan fingerprint density at radius 2 is 0.667 bits per heavy atom. The molecular weight excluding hydrogens is 184 g/mol. The Labute approximate surface area is 63.5 Å². The van der Waals surface area contributed by atoms with Crippen molar-refractivity contribution in [2.45, 2.75) is 0 Å². The third-order valence-electron chi connectivity index (χ3n) is 0.559. The van der Waals surface area contributed by atoms with E-state index in [2.05, 4.69) is 19.8 Å². The van der Waals surface area contributed by atoms with Gasteiger partial charge in [-0.1, -0.05) is 19.8 Å². The summed E-state index contributed by atoms with van der Waals surface area (Å²) >= 11 is 0. The first-order valence-corrected chi connectivity index (χ1v) is 2.26. The van der Waals surface area contributed by atoms with Crippen LogP contribution < -0.4 is 0 Å². The first-order valence-electron chi connectivity index (χ1n) is 2.26. The second-order valence-corrected chi connectivity index (χ2v) is 1.28. The molecule has 12 nitrogen and oxygen atoms in total.